The van der Waals surface area contributed by atoms with Gasteiger partial charge in [-0.2, -0.15) is 13.2 Å². The Hall–Kier alpha value is -5.09. The Kier molecular flexibility index (Phi) is 9.07. The lowest BCUT2D eigenvalue weighted by Gasteiger charge is -2.43. The van der Waals surface area contributed by atoms with Crippen LogP contribution in [0.3, 0.4) is 0 Å². The van der Waals surface area contributed by atoms with Crippen LogP contribution in [0.4, 0.5) is 24.5 Å². The van der Waals surface area contributed by atoms with Crippen LogP contribution in [-0.2, 0) is 25.3 Å². The lowest BCUT2D eigenvalue weighted by molar-refractivity contribution is -0.137. The number of nitrogens with one attached hydrogen (secondary N) is 2. The molecular weight excluding hydrogens is 748 g/mol. The fourth-order valence-electron chi connectivity index (χ4n) is 8.77. The van der Waals surface area contributed by atoms with Crippen LogP contribution in [0.25, 0.3) is 0 Å². The molecule has 1 aromatic heterocycles. The number of hydrogen-bond donors (Lipinski definition) is 2. The maximum atomic E-state index is 14.2. The van der Waals surface area contributed by atoms with E-state index < -0.39 is 47.7 Å². The number of esters is 1. The molecule has 8 rings (SSSR count). The molecule has 280 valence electrons. The van der Waals surface area contributed by atoms with E-state index in [1.165, 1.54) is 36.3 Å². The Morgan fingerprint density at radius 2 is 1.69 bits per heavy atom. The van der Waals surface area contributed by atoms with Crippen molar-refractivity contribution in [2.45, 2.75) is 35.7 Å². The molecule has 4 unspecified atom stereocenters. The number of halogens is 3. The summed E-state index contributed by atoms with van der Waals surface area (Å²) in [6, 6.07) is 16.0. The topological polar surface area (TPSA) is 144 Å². The van der Waals surface area contributed by atoms with Crippen molar-refractivity contribution in [1.82, 2.24) is 4.98 Å². The van der Waals surface area contributed by atoms with Gasteiger partial charge in [0.25, 0.3) is 5.91 Å². The molecule has 1 saturated heterocycles. The molecule has 0 spiro atoms. The third-order valence-corrected chi connectivity index (χ3v) is 13.4. The average molecular weight is 780 g/mol. The van der Waals surface area contributed by atoms with Gasteiger partial charge in [0.15, 0.2) is 18.1 Å². The highest BCUT2D eigenvalue weighted by molar-refractivity contribution is 8.00. The molecule has 2 N–H and O–H groups in total. The summed E-state index contributed by atoms with van der Waals surface area (Å²) in [7, 11) is 1.42. The number of hydrogen-bond acceptors (Lipinski definition) is 10. The van der Waals surface area contributed by atoms with E-state index in [1.54, 1.807) is 49.0 Å². The highest BCUT2D eigenvalue weighted by Crippen LogP contribution is 2.69. The van der Waals surface area contributed by atoms with Gasteiger partial charge in [-0.25, -0.2) is 4.79 Å². The van der Waals surface area contributed by atoms with Crippen LogP contribution in [0.15, 0.2) is 76.6 Å². The molecule has 11 nitrogen and oxygen atoms in total. The second-order valence-electron chi connectivity index (χ2n) is 13.5. The van der Waals surface area contributed by atoms with Gasteiger partial charge in [-0.15, -0.1) is 11.8 Å². The van der Waals surface area contributed by atoms with Gasteiger partial charge in [-0.05, 0) is 85.2 Å². The number of methoxy groups -OCH3 is 1. The monoisotopic (exact) mass is 779 g/mol. The van der Waals surface area contributed by atoms with E-state index in [0.29, 0.717) is 17.7 Å². The van der Waals surface area contributed by atoms with Crippen molar-refractivity contribution in [3.05, 3.63) is 98.0 Å². The zero-order valence-corrected chi connectivity index (χ0v) is 30.3. The zero-order chi connectivity index (χ0) is 38.1. The molecular formula is C38H32F3N3O8S2. The highest BCUT2D eigenvalue weighted by Gasteiger charge is 2.69. The number of aromatic amines is 1. The number of para-hydroxylation sites is 1. The van der Waals surface area contributed by atoms with Gasteiger partial charge in [-0.1, -0.05) is 29.5 Å². The molecule has 7 atom stereocenters. The van der Waals surface area contributed by atoms with Crippen molar-refractivity contribution >= 4 is 58.2 Å². The smallest absolute Gasteiger partial charge is 0.418 e. The van der Waals surface area contributed by atoms with Gasteiger partial charge >= 0.3 is 17.0 Å². The predicted octanol–water partition coefficient (Wildman–Crippen LogP) is 6.34. The van der Waals surface area contributed by atoms with Gasteiger partial charge in [0.1, 0.15) is 0 Å². The number of amides is 3. The number of anilines is 2. The van der Waals surface area contributed by atoms with Crippen molar-refractivity contribution in [3.63, 3.8) is 0 Å². The number of carbonyl (C=O) groups excluding carboxylic acids is 4. The van der Waals surface area contributed by atoms with Crippen molar-refractivity contribution in [2.24, 2.45) is 29.6 Å². The second kappa shape index (κ2) is 13.6. The van der Waals surface area contributed by atoms with E-state index in [0.717, 1.165) is 38.9 Å². The maximum Gasteiger partial charge on any atom is 0.418 e. The Bertz CT molecular complexity index is 2240. The fourth-order valence-corrected chi connectivity index (χ4v) is 11.7. The molecule has 2 bridgehead atoms. The summed E-state index contributed by atoms with van der Waals surface area (Å²) in [6.07, 6.45) is -3.99. The normalized spacial score (nSPS) is 25.2. The molecule has 16 heteroatoms. The number of H-pyrrole nitrogens is 1. The molecule has 54 heavy (non-hydrogen) atoms. The maximum absolute atomic E-state index is 14.2. The standard InChI is InChI=1S/C38H32F3N3O8S2/c1-3-51-36(48)17-8-11-19(12-9-17)44-34(46)29-20-15-21(30(29)35(44)47)31-28(20)27(32-33(53-31)43-37(49)54-32)18-10-13-24(25(14-18)50-2)52-16-26(45)42-23-7-5-4-6-22(23)38(39,40)41/h4-14,20-21,27-31H,3,15-16H2,1-2H3,(H,42,45)(H,43,49)/t20-,21-,27-,28?,29?,30?,31?/m1/s1. The number of alkyl halides is 3. The van der Waals surface area contributed by atoms with Crippen LogP contribution in [-0.4, -0.2) is 54.2 Å². The lowest BCUT2D eigenvalue weighted by Crippen LogP contribution is -2.42. The number of rotatable bonds is 9. The number of carbonyl (C=O) groups is 4. The lowest BCUT2D eigenvalue weighted by atomic mass is 9.68. The molecule has 3 fully saturated rings. The SMILES string of the molecule is CCOC(=O)c1ccc(N2C(=O)C3C(C2=O)[C@@H]2C[C@H]3C3Sc4[nH]c(=O)sc4[C@H](c4ccc(OCC(=O)Nc5ccccc5C(F)(F)F)c(OC)c4)C32)cc1. The predicted molar refractivity (Wildman–Crippen MR) is 192 cm³/mol. The molecule has 2 saturated carbocycles. The molecule has 4 aliphatic rings. The molecule has 3 aromatic carbocycles. The summed E-state index contributed by atoms with van der Waals surface area (Å²) < 4.78 is 56.8. The summed E-state index contributed by atoms with van der Waals surface area (Å²) in [5, 5.41) is 2.90. The zero-order valence-electron chi connectivity index (χ0n) is 28.7. The Morgan fingerprint density at radius 1 is 0.963 bits per heavy atom. The Balaban J connectivity index is 1.06. The van der Waals surface area contributed by atoms with Crippen LogP contribution in [0.2, 0.25) is 0 Å². The van der Waals surface area contributed by atoms with Crippen LogP contribution in [0, 0.1) is 29.6 Å². The average Bonchev–Trinajstić information content (AvgIpc) is 3.89. The number of nitrogens with zero attached hydrogens (tertiary/aromatic N) is 1. The number of aromatic nitrogens is 1. The van der Waals surface area contributed by atoms with Crippen molar-refractivity contribution in [1.29, 1.82) is 0 Å². The number of ether oxygens (including phenoxy) is 3. The fraction of sp³-hybridized carbons (Fsp3) is 0.342. The van der Waals surface area contributed by atoms with E-state index in [2.05, 4.69) is 10.3 Å². The summed E-state index contributed by atoms with van der Waals surface area (Å²) >= 11 is 2.65. The third kappa shape index (κ3) is 5.95. The number of thiazole rings is 1. The molecule has 2 aliphatic heterocycles. The largest absolute Gasteiger partial charge is 0.493 e. The number of benzene rings is 3. The molecule has 3 heterocycles. The molecule has 2 aliphatic carbocycles. The summed E-state index contributed by atoms with van der Waals surface area (Å²) in [6.45, 7) is 1.33. The van der Waals surface area contributed by atoms with Gasteiger partial charge in [-0.3, -0.25) is 24.1 Å². The van der Waals surface area contributed by atoms with E-state index >= 15 is 0 Å². The summed E-state index contributed by atoms with van der Waals surface area (Å²) in [4.78, 5) is 70.6. The first kappa shape index (κ1) is 35.9. The first-order chi connectivity index (χ1) is 25.9. The number of fused-ring (bicyclic) bond motifs is 9. The minimum Gasteiger partial charge on any atom is -0.493 e. The van der Waals surface area contributed by atoms with E-state index in [1.807, 2.05) is 0 Å². The molecule has 0 radical (unpaired) electrons. The molecule has 3 amide bonds. The van der Waals surface area contributed by atoms with Gasteiger partial charge in [0, 0.05) is 16.0 Å². The van der Waals surface area contributed by atoms with Crippen LogP contribution < -0.4 is 24.6 Å². The number of thioether (sulfide) groups is 1. The van der Waals surface area contributed by atoms with Crippen molar-refractivity contribution < 1.29 is 46.6 Å². The first-order valence-corrected chi connectivity index (χ1v) is 18.9. The van der Waals surface area contributed by atoms with Gasteiger partial charge < -0.3 is 24.5 Å². The van der Waals surface area contributed by atoms with Gasteiger partial charge in [0.2, 0.25) is 11.8 Å². The Morgan fingerprint density at radius 3 is 2.39 bits per heavy atom. The van der Waals surface area contributed by atoms with Crippen molar-refractivity contribution in [2.75, 3.05) is 30.5 Å². The third-order valence-electron chi connectivity index (χ3n) is 10.8. The highest BCUT2D eigenvalue weighted by atomic mass is 32.2. The summed E-state index contributed by atoms with van der Waals surface area (Å²) in [5.74, 6) is -3.22. The number of imide groups is 1. The van der Waals surface area contributed by atoms with Crippen molar-refractivity contribution in [3.8, 4) is 11.5 Å². The summed E-state index contributed by atoms with van der Waals surface area (Å²) in [5.41, 5.74) is 0.108. The molecule has 4 aromatic rings. The van der Waals surface area contributed by atoms with Gasteiger partial charge in [0.05, 0.1) is 53.1 Å². The van der Waals surface area contributed by atoms with Crippen LogP contribution >= 0.6 is 23.1 Å². The van der Waals surface area contributed by atoms with E-state index in [9.17, 15) is 37.1 Å². The van der Waals surface area contributed by atoms with E-state index in [4.69, 9.17) is 14.2 Å². The first-order valence-electron chi connectivity index (χ1n) is 17.2. The van der Waals surface area contributed by atoms with Crippen LogP contribution in [0.1, 0.15) is 45.6 Å². The second-order valence-corrected chi connectivity index (χ2v) is 15.7. The Labute approximate surface area is 314 Å². The van der Waals surface area contributed by atoms with Crippen LogP contribution in [0.5, 0.6) is 11.5 Å². The minimum atomic E-state index is -4.66. The minimum absolute atomic E-state index is 0.0768. The quantitative estimate of drug-likeness (QED) is 0.147. The van der Waals surface area contributed by atoms with E-state index in [-0.39, 0.29) is 63.7 Å².